The van der Waals surface area contributed by atoms with E-state index in [9.17, 15) is 9.59 Å². The van der Waals surface area contributed by atoms with Gasteiger partial charge in [-0.25, -0.2) is 0 Å². The van der Waals surface area contributed by atoms with Gasteiger partial charge in [0.2, 0.25) is 0 Å². The molecule has 0 bridgehead atoms. The molecule has 0 spiro atoms. The number of esters is 2. The molecular formula is C16H30O5. The Morgan fingerprint density at radius 1 is 0.952 bits per heavy atom. The van der Waals surface area contributed by atoms with Crippen molar-refractivity contribution in [2.45, 2.75) is 72.5 Å². The van der Waals surface area contributed by atoms with Gasteiger partial charge in [-0.2, -0.15) is 0 Å². The number of rotatable bonds is 11. The zero-order valence-electron chi connectivity index (χ0n) is 14.0. The largest absolute Gasteiger partial charge is 0.463 e. The van der Waals surface area contributed by atoms with E-state index in [2.05, 4.69) is 0 Å². The summed E-state index contributed by atoms with van der Waals surface area (Å²) in [5, 5.41) is 0. The molecule has 0 saturated carbocycles. The van der Waals surface area contributed by atoms with E-state index in [1.54, 1.807) is 6.92 Å². The third kappa shape index (κ3) is 12.4. The van der Waals surface area contributed by atoms with E-state index >= 15 is 0 Å². The Hall–Kier alpha value is -1.10. The van der Waals surface area contributed by atoms with Crippen molar-refractivity contribution in [3.63, 3.8) is 0 Å². The zero-order valence-corrected chi connectivity index (χ0v) is 14.0. The first-order valence-corrected chi connectivity index (χ1v) is 7.81. The Balaban J connectivity index is 3.74. The molecule has 0 aliphatic carbocycles. The summed E-state index contributed by atoms with van der Waals surface area (Å²) >= 11 is 0. The molecule has 21 heavy (non-hydrogen) atoms. The molecule has 0 amide bonds. The smallest absolute Gasteiger partial charge is 0.306 e. The quantitative estimate of drug-likeness (QED) is 0.549. The molecule has 2 atom stereocenters. The van der Waals surface area contributed by atoms with Gasteiger partial charge in [-0.15, -0.1) is 0 Å². The van der Waals surface area contributed by atoms with Gasteiger partial charge in [-0.1, -0.05) is 27.2 Å². The summed E-state index contributed by atoms with van der Waals surface area (Å²) in [6.45, 7) is 10.1. The van der Waals surface area contributed by atoms with Crippen LogP contribution >= 0.6 is 0 Å². The molecular weight excluding hydrogens is 272 g/mol. The van der Waals surface area contributed by atoms with Gasteiger partial charge < -0.3 is 14.2 Å². The Labute approximate surface area is 128 Å². The lowest BCUT2D eigenvalue weighted by molar-refractivity contribution is -0.155. The van der Waals surface area contributed by atoms with Gasteiger partial charge in [0.25, 0.3) is 0 Å². The Morgan fingerprint density at radius 2 is 1.62 bits per heavy atom. The molecule has 0 aliphatic rings. The van der Waals surface area contributed by atoms with Crippen LogP contribution in [0.25, 0.3) is 0 Å². The highest BCUT2D eigenvalue weighted by Gasteiger charge is 2.13. The first-order valence-electron chi connectivity index (χ1n) is 7.81. The second-order valence-electron chi connectivity index (χ2n) is 5.83. The monoisotopic (exact) mass is 302 g/mol. The van der Waals surface area contributed by atoms with Gasteiger partial charge in [0.15, 0.2) is 0 Å². The van der Waals surface area contributed by atoms with Crippen molar-refractivity contribution < 1.29 is 23.8 Å². The number of unbranched alkanes of at least 4 members (excludes halogenated alkanes) is 1. The highest BCUT2D eigenvalue weighted by molar-refractivity contribution is 5.69. The SMILES string of the molecule is CCCCC(=O)OCC(C)OCC(C)OC(=O)CC(C)C. The van der Waals surface area contributed by atoms with Crippen molar-refractivity contribution in [3.8, 4) is 0 Å². The topological polar surface area (TPSA) is 61.8 Å². The summed E-state index contributed by atoms with van der Waals surface area (Å²) < 4.78 is 15.8. The van der Waals surface area contributed by atoms with Gasteiger partial charge in [-0.3, -0.25) is 9.59 Å². The van der Waals surface area contributed by atoms with E-state index in [1.165, 1.54) is 0 Å². The van der Waals surface area contributed by atoms with Crippen LogP contribution in [0.4, 0.5) is 0 Å². The highest BCUT2D eigenvalue weighted by atomic mass is 16.6. The van der Waals surface area contributed by atoms with E-state index in [0.29, 0.717) is 19.4 Å². The molecule has 0 rings (SSSR count). The van der Waals surface area contributed by atoms with Gasteiger partial charge in [0, 0.05) is 12.8 Å². The third-order valence-corrected chi connectivity index (χ3v) is 2.74. The maximum absolute atomic E-state index is 11.5. The Bertz CT molecular complexity index is 301. The predicted molar refractivity (Wildman–Crippen MR) is 80.9 cm³/mol. The summed E-state index contributed by atoms with van der Waals surface area (Å²) in [4.78, 5) is 22.8. The minimum absolute atomic E-state index is 0.191. The van der Waals surface area contributed by atoms with Gasteiger partial charge in [0.05, 0.1) is 12.7 Å². The highest BCUT2D eigenvalue weighted by Crippen LogP contribution is 2.05. The van der Waals surface area contributed by atoms with Crippen LogP contribution in [0.1, 0.15) is 60.3 Å². The van der Waals surface area contributed by atoms with Gasteiger partial charge in [0.1, 0.15) is 12.7 Å². The lowest BCUT2D eigenvalue weighted by atomic mass is 10.1. The van der Waals surface area contributed by atoms with Crippen LogP contribution in [0.3, 0.4) is 0 Å². The van der Waals surface area contributed by atoms with Crippen LogP contribution in [-0.4, -0.2) is 37.4 Å². The molecule has 0 aromatic rings. The molecule has 2 unspecified atom stereocenters. The summed E-state index contributed by atoms with van der Waals surface area (Å²) in [5.41, 5.74) is 0. The van der Waals surface area contributed by atoms with Crippen molar-refractivity contribution in [1.82, 2.24) is 0 Å². The molecule has 0 heterocycles. The molecule has 0 radical (unpaired) electrons. The lowest BCUT2D eigenvalue weighted by Gasteiger charge is -2.18. The number of hydrogen-bond donors (Lipinski definition) is 0. The van der Waals surface area contributed by atoms with Crippen LogP contribution in [0.5, 0.6) is 0 Å². The van der Waals surface area contributed by atoms with Crippen LogP contribution in [0.2, 0.25) is 0 Å². The fourth-order valence-corrected chi connectivity index (χ4v) is 1.59. The molecule has 5 heteroatoms. The molecule has 0 fully saturated rings. The summed E-state index contributed by atoms with van der Waals surface area (Å²) in [6.07, 6.45) is 2.18. The van der Waals surface area contributed by atoms with E-state index in [0.717, 1.165) is 12.8 Å². The lowest BCUT2D eigenvalue weighted by Crippen LogP contribution is -2.26. The number of carbonyl (C=O) groups is 2. The summed E-state index contributed by atoms with van der Waals surface area (Å²) in [5.74, 6) is -0.115. The predicted octanol–water partition coefficient (Wildman–Crippen LogP) is 3.10. The second-order valence-corrected chi connectivity index (χ2v) is 5.83. The zero-order chi connectivity index (χ0) is 16.3. The van der Waals surface area contributed by atoms with Crippen molar-refractivity contribution in [1.29, 1.82) is 0 Å². The summed E-state index contributed by atoms with van der Waals surface area (Å²) in [6, 6.07) is 0. The molecule has 0 saturated heterocycles. The van der Waals surface area contributed by atoms with Crippen LogP contribution in [0.15, 0.2) is 0 Å². The maximum atomic E-state index is 11.5. The normalized spacial score (nSPS) is 13.8. The van der Waals surface area contributed by atoms with E-state index in [4.69, 9.17) is 14.2 Å². The van der Waals surface area contributed by atoms with Gasteiger partial charge >= 0.3 is 11.9 Å². The number of carbonyl (C=O) groups excluding carboxylic acids is 2. The molecule has 0 aromatic heterocycles. The molecule has 0 aliphatic heterocycles. The maximum Gasteiger partial charge on any atom is 0.306 e. The fraction of sp³-hybridized carbons (Fsp3) is 0.875. The van der Waals surface area contributed by atoms with Gasteiger partial charge in [-0.05, 0) is 26.2 Å². The average Bonchev–Trinajstić information content (AvgIpc) is 2.39. The Morgan fingerprint density at radius 3 is 2.19 bits per heavy atom. The van der Waals surface area contributed by atoms with Crippen molar-refractivity contribution in [3.05, 3.63) is 0 Å². The van der Waals surface area contributed by atoms with Crippen molar-refractivity contribution in [2.75, 3.05) is 13.2 Å². The molecule has 5 nitrogen and oxygen atoms in total. The third-order valence-electron chi connectivity index (χ3n) is 2.74. The summed E-state index contributed by atoms with van der Waals surface area (Å²) in [7, 11) is 0. The number of hydrogen-bond acceptors (Lipinski definition) is 5. The average molecular weight is 302 g/mol. The van der Waals surface area contributed by atoms with E-state index < -0.39 is 0 Å². The Kier molecular flexibility index (Phi) is 10.9. The van der Waals surface area contributed by atoms with Crippen LogP contribution in [-0.2, 0) is 23.8 Å². The van der Waals surface area contributed by atoms with Crippen molar-refractivity contribution >= 4 is 11.9 Å². The molecule has 124 valence electrons. The first kappa shape index (κ1) is 19.9. The van der Waals surface area contributed by atoms with Crippen LogP contribution < -0.4 is 0 Å². The second kappa shape index (κ2) is 11.5. The minimum Gasteiger partial charge on any atom is -0.463 e. The van der Waals surface area contributed by atoms with E-state index in [-0.39, 0.29) is 36.7 Å². The molecule has 0 aromatic carbocycles. The van der Waals surface area contributed by atoms with Crippen LogP contribution in [0, 0.1) is 5.92 Å². The first-order chi connectivity index (χ1) is 9.85. The molecule has 0 N–H and O–H groups in total. The number of ether oxygens (including phenoxy) is 3. The van der Waals surface area contributed by atoms with Crippen molar-refractivity contribution in [2.24, 2.45) is 5.92 Å². The minimum atomic E-state index is -0.297. The standard InChI is InChI=1S/C16H30O5/c1-6-7-8-15(17)20-10-13(4)19-11-14(5)21-16(18)9-12(2)3/h12-14H,6-11H2,1-5H3. The van der Waals surface area contributed by atoms with E-state index in [1.807, 2.05) is 27.7 Å². The fourth-order valence-electron chi connectivity index (χ4n) is 1.59.